The van der Waals surface area contributed by atoms with Crippen LogP contribution in [0.5, 0.6) is 0 Å². The van der Waals surface area contributed by atoms with Crippen LogP contribution in [0.15, 0.2) is 48.5 Å². The average Bonchev–Trinajstić information content (AvgIpc) is 3.41. The number of benzene rings is 2. The second-order valence-electron chi connectivity index (χ2n) is 13.3. The van der Waals surface area contributed by atoms with E-state index in [1.165, 1.54) is 24.4 Å². The van der Waals surface area contributed by atoms with Gasteiger partial charge in [0.15, 0.2) is 0 Å². The van der Waals surface area contributed by atoms with Crippen molar-refractivity contribution < 1.29 is 14.0 Å². The van der Waals surface area contributed by atoms with Gasteiger partial charge >= 0.3 is 0 Å². The van der Waals surface area contributed by atoms with Crippen molar-refractivity contribution in [2.24, 2.45) is 17.6 Å². The number of aryl methyl sites for hydroxylation is 1. The molecule has 3 aliphatic heterocycles. The van der Waals surface area contributed by atoms with Gasteiger partial charge in [-0.1, -0.05) is 24.3 Å². The number of primary amides is 1. The lowest BCUT2D eigenvalue weighted by Crippen LogP contribution is -2.53. The summed E-state index contributed by atoms with van der Waals surface area (Å²) in [7, 11) is 0. The standard InChI is InChI=1S/C34H42FN5O2/c1-22-37-30-7-2-3-8-31(30)40(22)27-20-25-9-10-26(21-27)39(25)18-15-34(23-5-4-6-24(35)19-23)13-16-38(17-14-34)33(42)29-12-11-28(29)32(36)41/h2-8,19,25-29H,9-18,20-21H2,1H3,(H2,36,41)/t25-,26+,27?,28?,29?. The quantitative estimate of drug-likeness (QED) is 0.427. The molecule has 0 spiro atoms. The van der Waals surface area contributed by atoms with E-state index < -0.39 is 0 Å². The van der Waals surface area contributed by atoms with E-state index in [-0.39, 0.29) is 34.9 Å². The van der Waals surface area contributed by atoms with E-state index in [1.54, 1.807) is 6.07 Å². The summed E-state index contributed by atoms with van der Waals surface area (Å²) >= 11 is 0. The van der Waals surface area contributed by atoms with Gasteiger partial charge in [-0.15, -0.1) is 0 Å². The number of carbonyl (C=O) groups is 2. The maximum absolute atomic E-state index is 14.5. The van der Waals surface area contributed by atoms with E-state index in [9.17, 15) is 14.0 Å². The molecule has 1 saturated carbocycles. The Labute approximate surface area is 247 Å². The zero-order valence-electron chi connectivity index (χ0n) is 24.6. The number of amides is 2. The molecule has 7 rings (SSSR count). The number of aromatic nitrogens is 2. The highest BCUT2D eigenvalue weighted by atomic mass is 19.1. The predicted molar refractivity (Wildman–Crippen MR) is 160 cm³/mol. The molecule has 222 valence electrons. The minimum atomic E-state index is -0.361. The first-order valence-corrected chi connectivity index (χ1v) is 15.9. The monoisotopic (exact) mass is 571 g/mol. The topological polar surface area (TPSA) is 84.5 Å². The highest BCUT2D eigenvalue weighted by Crippen LogP contribution is 2.46. The molecule has 3 unspecified atom stereocenters. The number of para-hydroxylation sites is 2. The predicted octanol–water partition coefficient (Wildman–Crippen LogP) is 5.11. The number of nitrogens with zero attached hydrogens (tertiary/aromatic N) is 4. The van der Waals surface area contributed by atoms with E-state index in [2.05, 4.69) is 46.7 Å². The van der Waals surface area contributed by atoms with Crippen molar-refractivity contribution in [3.05, 3.63) is 65.7 Å². The Bertz CT molecular complexity index is 1480. The number of halogens is 1. The van der Waals surface area contributed by atoms with Gasteiger partial charge in [0, 0.05) is 43.1 Å². The van der Waals surface area contributed by atoms with E-state index in [1.807, 2.05) is 11.0 Å². The molecule has 42 heavy (non-hydrogen) atoms. The van der Waals surface area contributed by atoms with Gasteiger partial charge in [-0.25, -0.2) is 9.37 Å². The number of nitrogens with two attached hydrogens (primary N) is 1. The van der Waals surface area contributed by atoms with Gasteiger partial charge in [0.2, 0.25) is 11.8 Å². The maximum atomic E-state index is 14.5. The lowest BCUT2D eigenvalue weighted by molar-refractivity contribution is -0.147. The number of likely N-dealkylation sites (tertiary alicyclic amines) is 1. The van der Waals surface area contributed by atoms with Gasteiger partial charge in [0.05, 0.1) is 11.0 Å². The van der Waals surface area contributed by atoms with Crippen molar-refractivity contribution in [1.82, 2.24) is 19.4 Å². The first-order chi connectivity index (χ1) is 20.3. The average molecular weight is 572 g/mol. The second-order valence-corrected chi connectivity index (χ2v) is 13.3. The third-order valence-electron chi connectivity index (χ3n) is 11.3. The Kier molecular flexibility index (Phi) is 7.08. The fraction of sp³-hybridized carbons (Fsp3) is 0.559. The van der Waals surface area contributed by atoms with Crippen LogP contribution in [0.2, 0.25) is 0 Å². The van der Waals surface area contributed by atoms with E-state index in [0.717, 1.165) is 62.0 Å². The second kappa shape index (κ2) is 10.8. The Hall–Kier alpha value is -3.26. The molecular formula is C34H42FN5O2. The van der Waals surface area contributed by atoms with Crippen molar-refractivity contribution in [2.45, 2.75) is 88.3 Å². The Morgan fingerprint density at radius 1 is 0.952 bits per heavy atom. The number of rotatable bonds is 7. The number of carbonyl (C=O) groups excluding carboxylic acids is 2. The molecule has 2 N–H and O–H groups in total. The van der Waals surface area contributed by atoms with Crippen LogP contribution in [0.1, 0.15) is 75.2 Å². The first kappa shape index (κ1) is 27.6. The summed E-state index contributed by atoms with van der Waals surface area (Å²) in [5.74, 6) is 0.0190. The lowest BCUT2D eigenvalue weighted by atomic mass is 9.69. The van der Waals surface area contributed by atoms with Crippen LogP contribution in [0.4, 0.5) is 4.39 Å². The van der Waals surface area contributed by atoms with Crippen molar-refractivity contribution in [3.63, 3.8) is 0 Å². The Balaban J connectivity index is 1.06. The lowest BCUT2D eigenvalue weighted by Gasteiger charge is -2.47. The van der Waals surface area contributed by atoms with Gasteiger partial charge in [-0.3, -0.25) is 14.5 Å². The summed E-state index contributed by atoms with van der Waals surface area (Å²) in [5.41, 5.74) is 8.74. The molecule has 5 atom stereocenters. The normalized spacial score (nSPS) is 29.0. The van der Waals surface area contributed by atoms with Crippen LogP contribution in [0, 0.1) is 24.6 Å². The number of hydrogen-bond donors (Lipinski definition) is 1. The van der Waals surface area contributed by atoms with Gasteiger partial charge in [0.1, 0.15) is 11.6 Å². The Morgan fingerprint density at radius 2 is 1.67 bits per heavy atom. The zero-order chi connectivity index (χ0) is 29.0. The fourth-order valence-corrected chi connectivity index (χ4v) is 8.82. The molecule has 4 aliphatic rings. The molecule has 2 aromatic carbocycles. The summed E-state index contributed by atoms with van der Waals surface area (Å²) in [6.45, 7) is 4.40. The van der Waals surface area contributed by atoms with Crippen molar-refractivity contribution in [2.75, 3.05) is 19.6 Å². The minimum Gasteiger partial charge on any atom is -0.369 e. The molecule has 4 heterocycles. The molecule has 1 aromatic heterocycles. The molecule has 2 amide bonds. The molecule has 3 aromatic rings. The number of piperidine rings is 2. The smallest absolute Gasteiger partial charge is 0.226 e. The van der Waals surface area contributed by atoms with Crippen LogP contribution in [-0.4, -0.2) is 62.9 Å². The summed E-state index contributed by atoms with van der Waals surface area (Å²) in [6.07, 6.45) is 8.74. The first-order valence-electron chi connectivity index (χ1n) is 15.9. The van der Waals surface area contributed by atoms with E-state index in [0.29, 0.717) is 37.6 Å². The fourth-order valence-electron chi connectivity index (χ4n) is 8.82. The van der Waals surface area contributed by atoms with Crippen molar-refractivity contribution >= 4 is 22.8 Å². The van der Waals surface area contributed by atoms with Crippen LogP contribution < -0.4 is 5.73 Å². The van der Waals surface area contributed by atoms with Gasteiger partial charge in [0.25, 0.3) is 0 Å². The summed E-state index contributed by atoms with van der Waals surface area (Å²) in [4.78, 5) is 34.6. The van der Waals surface area contributed by atoms with E-state index >= 15 is 0 Å². The molecule has 7 nitrogen and oxygen atoms in total. The van der Waals surface area contributed by atoms with Gasteiger partial charge in [-0.2, -0.15) is 0 Å². The minimum absolute atomic E-state index is 0.0697. The third kappa shape index (κ3) is 4.72. The Morgan fingerprint density at radius 3 is 2.33 bits per heavy atom. The molecular weight excluding hydrogens is 529 g/mol. The van der Waals surface area contributed by atoms with Crippen LogP contribution in [-0.2, 0) is 15.0 Å². The van der Waals surface area contributed by atoms with Gasteiger partial charge < -0.3 is 15.2 Å². The number of hydrogen-bond acceptors (Lipinski definition) is 4. The van der Waals surface area contributed by atoms with Crippen molar-refractivity contribution in [3.8, 4) is 0 Å². The highest BCUT2D eigenvalue weighted by molar-refractivity contribution is 5.88. The number of imidazole rings is 1. The molecule has 0 radical (unpaired) electrons. The summed E-state index contributed by atoms with van der Waals surface area (Å²) < 4.78 is 17.0. The maximum Gasteiger partial charge on any atom is 0.226 e. The molecule has 8 heteroatoms. The summed E-state index contributed by atoms with van der Waals surface area (Å²) in [5, 5.41) is 0. The summed E-state index contributed by atoms with van der Waals surface area (Å²) in [6, 6.07) is 17.2. The molecule has 1 aliphatic carbocycles. The largest absolute Gasteiger partial charge is 0.369 e. The van der Waals surface area contributed by atoms with Crippen LogP contribution >= 0.6 is 0 Å². The van der Waals surface area contributed by atoms with Crippen LogP contribution in [0.25, 0.3) is 11.0 Å². The van der Waals surface area contributed by atoms with Gasteiger partial charge in [-0.05, 0) is 106 Å². The molecule has 2 bridgehead atoms. The third-order valence-corrected chi connectivity index (χ3v) is 11.3. The molecule has 3 saturated heterocycles. The van der Waals surface area contributed by atoms with Crippen LogP contribution in [0.3, 0.4) is 0 Å². The SMILES string of the molecule is Cc1nc2ccccc2n1C1C[C@H]2CC[C@@H](C1)N2CCC1(c2cccc(F)c2)CCN(C(=O)C2CCC2C(N)=O)CC1. The highest BCUT2D eigenvalue weighted by Gasteiger charge is 2.46. The molecule has 4 fully saturated rings. The van der Waals surface area contributed by atoms with Crippen molar-refractivity contribution in [1.29, 1.82) is 0 Å². The number of fused-ring (bicyclic) bond motifs is 3. The van der Waals surface area contributed by atoms with E-state index in [4.69, 9.17) is 10.7 Å². The zero-order valence-corrected chi connectivity index (χ0v) is 24.6.